The van der Waals surface area contributed by atoms with E-state index in [1.54, 1.807) is 0 Å². The lowest BCUT2D eigenvalue weighted by molar-refractivity contribution is -0.159. The average Bonchev–Trinajstić information content (AvgIpc) is 2.85. The van der Waals surface area contributed by atoms with Crippen molar-refractivity contribution < 1.29 is 18.3 Å². The van der Waals surface area contributed by atoms with Crippen molar-refractivity contribution in [3.63, 3.8) is 0 Å². The van der Waals surface area contributed by atoms with Gasteiger partial charge in [0.2, 0.25) is 0 Å². The van der Waals surface area contributed by atoms with Gasteiger partial charge in [0.15, 0.2) is 0 Å². The second-order valence-corrected chi connectivity index (χ2v) is 5.14. The number of alkyl halides is 2. The molecule has 0 aromatic heterocycles. The van der Waals surface area contributed by atoms with Gasteiger partial charge in [0, 0.05) is 13.1 Å². The van der Waals surface area contributed by atoms with Crippen molar-refractivity contribution in [2.75, 3.05) is 32.7 Å². The summed E-state index contributed by atoms with van der Waals surface area (Å²) in [5.41, 5.74) is 0. The van der Waals surface area contributed by atoms with Crippen molar-refractivity contribution >= 4 is 5.97 Å². The molecule has 18 heavy (non-hydrogen) atoms. The van der Waals surface area contributed by atoms with E-state index in [9.17, 15) is 13.6 Å². The smallest absolute Gasteiger partial charge is 0.377 e. The summed E-state index contributed by atoms with van der Waals surface area (Å²) in [6.07, 6.45) is -0.0392. The molecule has 1 N–H and O–H groups in total. The van der Waals surface area contributed by atoms with Crippen molar-refractivity contribution in [3.05, 3.63) is 0 Å². The molecule has 2 unspecified atom stereocenters. The summed E-state index contributed by atoms with van der Waals surface area (Å²) < 4.78 is 30.4. The summed E-state index contributed by atoms with van der Waals surface area (Å²) in [6.45, 7) is 6.49. The zero-order chi connectivity index (χ0) is 13.2. The third-order valence-electron chi connectivity index (χ3n) is 3.68. The molecule has 2 rings (SSSR count). The normalized spacial score (nSPS) is 31.8. The van der Waals surface area contributed by atoms with E-state index in [0.717, 1.165) is 32.6 Å². The molecule has 2 fully saturated rings. The zero-order valence-electron chi connectivity index (χ0n) is 10.6. The highest BCUT2D eigenvalue weighted by Gasteiger charge is 2.50. The molecule has 2 aliphatic rings. The van der Waals surface area contributed by atoms with Gasteiger partial charge in [-0.2, -0.15) is 8.78 Å². The Bertz CT molecular complexity index is 312. The summed E-state index contributed by atoms with van der Waals surface area (Å²) in [5, 5.41) is 3.14. The van der Waals surface area contributed by atoms with Gasteiger partial charge in [-0.25, -0.2) is 4.79 Å². The first-order chi connectivity index (χ1) is 8.51. The molecule has 0 aromatic rings. The molecule has 2 heterocycles. The predicted molar refractivity (Wildman–Crippen MR) is 62.5 cm³/mol. The van der Waals surface area contributed by atoms with Crippen LogP contribution in [0.15, 0.2) is 0 Å². The molecule has 2 saturated heterocycles. The van der Waals surface area contributed by atoms with Crippen LogP contribution in [0.1, 0.15) is 19.8 Å². The standard InChI is InChI=1S/C12H20F2N2O2/c1-2-16-4-3-9(8-16)6-15-7-10-5-12(13,14)11(17)18-10/h9-10,15H,2-8H2,1H3. The van der Waals surface area contributed by atoms with Crippen molar-refractivity contribution in [2.24, 2.45) is 5.92 Å². The van der Waals surface area contributed by atoms with E-state index in [4.69, 9.17) is 0 Å². The third-order valence-corrected chi connectivity index (χ3v) is 3.68. The highest BCUT2D eigenvalue weighted by atomic mass is 19.3. The number of rotatable bonds is 5. The minimum atomic E-state index is -3.29. The fraction of sp³-hybridized carbons (Fsp3) is 0.917. The second-order valence-electron chi connectivity index (χ2n) is 5.14. The minimum absolute atomic E-state index is 0.323. The lowest BCUT2D eigenvalue weighted by atomic mass is 10.1. The lowest BCUT2D eigenvalue weighted by Gasteiger charge is -2.15. The average molecular weight is 262 g/mol. The van der Waals surface area contributed by atoms with Gasteiger partial charge < -0.3 is 15.0 Å². The van der Waals surface area contributed by atoms with Gasteiger partial charge in [0.1, 0.15) is 6.10 Å². The number of esters is 1. The number of hydrogen-bond acceptors (Lipinski definition) is 4. The number of ether oxygens (including phenoxy) is 1. The number of hydrogen-bond donors (Lipinski definition) is 1. The van der Waals surface area contributed by atoms with Gasteiger partial charge in [0.25, 0.3) is 0 Å². The van der Waals surface area contributed by atoms with Crippen LogP contribution >= 0.6 is 0 Å². The first kappa shape index (κ1) is 13.7. The molecule has 6 heteroatoms. The molecule has 2 aliphatic heterocycles. The molecule has 0 saturated carbocycles. The Hall–Kier alpha value is -0.750. The number of halogens is 2. The molecule has 4 nitrogen and oxygen atoms in total. The highest BCUT2D eigenvalue weighted by molar-refractivity contribution is 5.79. The largest absolute Gasteiger partial charge is 0.456 e. The van der Waals surface area contributed by atoms with Gasteiger partial charge in [0.05, 0.1) is 6.42 Å². The lowest BCUT2D eigenvalue weighted by Crippen LogP contribution is -2.32. The second kappa shape index (κ2) is 5.48. The monoisotopic (exact) mass is 262 g/mol. The van der Waals surface area contributed by atoms with Crippen LogP contribution in [0.3, 0.4) is 0 Å². The SMILES string of the molecule is CCN1CCC(CNCC2CC(F)(F)C(=O)O2)C1. The summed E-state index contributed by atoms with van der Waals surface area (Å²) >= 11 is 0. The maximum Gasteiger partial charge on any atom is 0.377 e. The van der Waals surface area contributed by atoms with E-state index in [1.807, 2.05) is 0 Å². The van der Waals surface area contributed by atoms with E-state index in [2.05, 4.69) is 21.9 Å². The Labute approximate surface area is 106 Å². The van der Waals surface area contributed by atoms with E-state index in [1.165, 1.54) is 0 Å². The van der Waals surface area contributed by atoms with Crippen LogP contribution in [0.5, 0.6) is 0 Å². The molecule has 104 valence electrons. The Morgan fingerprint density at radius 1 is 1.50 bits per heavy atom. The van der Waals surface area contributed by atoms with Gasteiger partial charge in [-0.3, -0.25) is 0 Å². The van der Waals surface area contributed by atoms with Crippen molar-refractivity contribution in [1.29, 1.82) is 0 Å². The van der Waals surface area contributed by atoms with Gasteiger partial charge in [-0.15, -0.1) is 0 Å². The molecule has 0 aliphatic carbocycles. The van der Waals surface area contributed by atoms with Crippen LogP contribution in [0.25, 0.3) is 0 Å². The molecule has 0 radical (unpaired) electrons. The van der Waals surface area contributed by atoms with E-state index in [-0.39, 0.29) is 0 Å². The van der Waals surface area contributed by atoms with Gasteiger partial charge >= 0.3 is 11.9 Å². The molecule has 0 bridgehead atoms. The van der Waals surface area contributed by atoms with Crippen molar-refractivity contribution in [3.8, 4) is 0 Å². The van der Waals surface area contributed by atoms with Gasteiger partial charge in [-0.1, -0.05) is 6.92 Å². The maximum atomic E-state index is 12.9. The fourth-order valence-corrected chi connectivity index (χ4v) is 2.58. The Kier molecular flexibility index (Phi) is 4.17. The van der Waals surface area contributed by atoms with E-state index in [0.29, 0.717) is 12.5 Å². The third kappa shape index (κ3) is 3.17. The topological polar surface area (TPSA) is 41.6 Å². The van der Waals surface area contributed by atoms with Crippen LogP contribution in [0, 0.1) is 5.92 Å². The first-order valence-corrected chi connectivity index (χ1v) is 6.53. The predicted octanol–water partition coefficient (Wildman–Crippen LogP) is 0.869. The fourth-order valence-electron chi connectivity index (χ4n) is 2.58. The molecule has 0 aromatic carbocycles. The Morgan fingerprint density at radius 3 is 2.83 bits per heavy atom. The van der Waals surface area contributed by atoms with Crippen molar-refractivity contribution in [1.82, 2.24) is 10.2 Å². The molecule has 0 spiro atoms. The summed E-state index contributed by atoms with van der Waals surface area (Å²) in [5.74, 6) is -4.10. The maximum absolute atomic E-state index is 12.9. The van der Waals surface area contributed by atoms with E-state index < -0.39 is 24.4 Å². The number of likely N-dealkylation sites (tertiary alicyclic amines) is 1. The highest BCUT2D eigenvalue weighted by Crippen LogP contribution is 2.30. The summed E-state index contributed by atoms with van der Waals surface area (Å²) in [6, 6.07) is 0. The Balaban J connectivity index is 1.64. The van der Waals surface area contributed by atoms with E-state index >= 15 is 0 Å². The molecular weight excluding hydrogens is 242 g/mol. The zero-order valence-corrected chi connectivity index (χ0v) is 10.6. The number of nitrogens with one attached hydrogen (secondary N) is 1. The van der Waals surface area contributed by atoms with Crippen LogP contribution in [-0.2, 0) is 9.53 Å². The number of nitrogens with zero attached hydrogens (tertiary/aromatic N) is 1. The molecular formula is C12H20F2N2O2. The number of carbonyl (C=O) groups excluding carboxylic acids is 1. The van der Waals surface area contributed by atoms with Crippen LogP contribution in [0.4, 0.5) is 8.78 Å². The van der Waals surface area contributed by atoms with Crippen LogP contribution in [0.2, 0.25) is 0 Å². The number of carbonyl (C=O) groups is 1. The Morgan fingerprint density at radius 2 is 2.28 bits per heavy atom. The number of cyclic esters (lactones) is 1. The van der Waals surface area contributed by atoms with Gasteiger partial charge in [-0.05, 0) is 32.0 Å². The molecule has 0 amide bonds. The minimum Gasteiger partial charge on any atom is -0.456 e. The van der Waals surface area contributed by atoms with Crippen LogP contribution in [-0.4, -0.2) is 55.6 Å². The first-order valence-electron chi connectivity index (χ1n) is 6.53. The summed E-state index contributed by atoms with van der Waals surface area (Å²) in [4.78, 5) is 13.2. The molecule has 2 atom stereocenters. The van der Waals surface area contributed by atoms with Crippen LogP contribution < -0.4 is 5.32 Å². The quantitative estimate of drug-likeness (QED) is 0.746. The summed E-state index contributed by atoms with van der Waals surface area (Å²) in [7, 11) is 0. The van der Waals surface area contributed by atoms with Crippen molar-refractivity contribution in [2.45, 2.75) is 31.8 Å².